The molecule has 0 aromatic rings. The van der Waals surface area contributed by atoms with Gasteiger partial charge in [-0.25, -0.2) is 0 Å². The number of rotatable bonds is 3. The number of aliphatic hydroxyl groups is 1. The predicted molar refractivity (Wildman–Crippen MR) is 86.3 cm³/mol. The first-order chi connectivity index (χ1) is 11.5. The summed E-state index contributed by atoms with van der Waals surface area (Å²) >= 11 is 0. The zero-order valence-electron chi connectivity index (χ0n) is 14.5. The minimum atomic E-state index is -0.651. The molecule has 3 fully saturated rings. The molecule has 1 N–H and O–H groups in total. The van der Waals surface area contributed by atoms with Gasteiger partial charge in [0, 0.05) is 26.6 Å². The monoisotopic (exact) mass is 340 g/mol. The number of amides is 2. The lowest BCUT2D eigenvalue weighted by atomic mass is 9.94. The fraction of sp³-hybridized carbons (Fsp3) is 0.882. The van der Waals surface area contributed by atoms with Crippen molar-refractivity contribution in [3.8, 4) is 0 Å². The van der Waals surface area contributed by atoms with Gasteiger partial charge in [-0.3, -0.25) is 9.59 Å². The zero-order valence-corrected chi connectivity index (χ0v) is 14.5. The second-order valence-electron chi connectivity index (χ2n) is 7.39. The summed E-state index contributed by atoms with van der Waals surface area (Å²) in [5.74, 6) is 0.301. The molecular weight excluding hydrogens is 312 g/mol. The van der Waals surface area contributed by atoms with Crippen LogP contribution in [0.4, 0.5) is 0 Å². The molecule has 7 nitrogen and oxygen atoms in total. The van der Waals surface area contributed by atoms with Crippen molar-refractivity contribution < 1.29 is 24.2 Å². The highest BCUT2D eigenvalue weighted by molar-refractivity contribution is 5.81. The summed E-state index contributed by atoms with van der Waals surface area (Å²) in [5.41, 5.74) is 0. The van der Waals surface area contributed by atoms with Gasteiger partial charge in [-0.2, -0.15) is 0 Å². The number of carbonyl (C=O) groups is 2. The highest BCUT2D eigenvalue weighted by Gasteiger charge is 2.43. The fourth-order valence-corrected chi connectivity index (χ4v) is 3.54. The molecule has 2 heterocycles. The molecule has 2 saturated heterocycles. The third-order valence-electron chi connectivity index (χ3n) is 5.09. The lowest BCUT2D eigenvalue weighted by Gasteiger charge is -2.44. The summed E-state index contributed by atoms with van der Waals surface area (Å²) in [5, 5.41) is 10.0. The van der Waals surface area contributed by atoms with E-state index in [9.17, 15) is 14.7 Å². The van der Waals surface area contributed by atoms with E-state index in [2.05, 4.69) is 0 Å². The number of aliphatic hydroxyl groups excluding tert-OH is 1. The Morgan fingerprint density at radius 2 is 1.92 bits per heavy atom. The molecule has 3 aliphatic rings. The van der Waals surface area contributed by atoms with Crippen LogP contribution >= 0.6 is 0 Å². The topological polar surface area (TPSA) is 79.3 Å². The van der Waals surface area contributed by atoms with Gasteiger partial charge in [0.1, 0.15) is 6.10 Å². The van der Waals surface area contributed by atoms with Crippen LogP contribution in [-0.4, -0.2) is 84.9 Å². The normalized spacial score (nSPS) is 34.0. The molecule has 0 unspecified atom stereocenters. The van der Waals surface area contributed by atoms with Gasteiger partial charge in [0.2, 0.25) is 11.8 Å². The third-order valence-corrected chi connectivity index (χ3v) is 5.09. The maximum Gasteiger partial charge on any atom is 0.226 e. The second kappa shape index (κ2) is 7.37. The molecule has 3 rings (SSSR count). The number of hydrogen-bond acceptors (Lipinski definition) is 5. The Labute approximate surface area is 142 Å². The van der Waals surface area contributed by atoms with Crippen molar-refractivity contribution in [3.63, 3.8) is 0 Å². The Kier molecular flexibility index (Phi) is 5.42. The Morgan fingerprint density at radius 1 is 1.17 bits per heavy atom. The van der Waals surface area contributed by atoms with Crippen molar-refractivity contribution in [3.05, 3.63) is 0 Å². The summed E-state index contributed by atoms with van der Waals surface area (Å²) in [7, 11) is 3.48. The van der Waals surface area contributed by atoms with Gasteiger partial charge in [0.15, 0.2) is 0 Å². The highest BCUT2D eigenvalue weighted by Crippen LogP contribution is 2.35. The van der Waals surface area contributed by atoms with Crippen LogP contribution in [0, 0.1) is 5.92 Å². The number of carbonyl (C=O) groups excluding carboxylic acids is 2. The van der Waals surface area contributed by atoms with E-state index in [1.807, 2.05) is 4.90 Å². The van der Waals surface area contributed by atoms with Crippen LogP contribution < -0.4 is 0 Å². The molecule has 4 atom stereocenters. The Bertz CT molecular complexity index is 480. The minimum absolute atomic E-state index is 0.0477. The summed E-state index contributed by atoms with van der Waals surface area (Å²) in [6.45, 7) is 0.867. The lowest BCUT2D eigenvalue weighted by Crippen LogP contribution is -2.57. The van der Waals surface area contributed by atoms with Crippen molar-refractivity contribution in [2.45, 2.75) is 56.5 Å². The van der Waals surface area contributed by atoms with E-state index in [0.717, 1.165) is 25.7 Å². The van der Waals surface area contributed by atoms with Gasteiger partial charge in [-0.05, 0) is 25.7 Å². The first kappa shape index (κ1) is 17.6. The van der Waals surface area contributed by atoms with Crippen LogP contribution in [0.5, 0.6) is 0 Å². The van der Waals surface area contributed by atoms with E-state index in [-0.39, 0.29) is 42.6 Å². The third kappa shape index (κ3) is 4.07. The number of hydrogen-bond donors (Lipinski definition) is 1. The number of nitrogens with zero attached hydrogens (tertiary/aromatic N) is 2. The van der Waals surface area contributed by atoms with E-state index >= 15 is 0 Å². The SMILES string of the molecule is CN(C)C(=O)C[C@H]1CC[C@H]2[C@@H](COC[C@@H](O)CN2C(=O)C2CC2)O1. The molecule has 0 bridgehead atoms. The summed E-state index contributed by atoms with van der Waals surface area (Å²) in [4.78, 5) is 27.9. The fourth-order valence-electron chi connectivity index (χ4n) is 3.54. The Morgan fingerprint density at radius 3 is 2.58 bits per heavy atom. The summed E-state index contributed by atoms with van der Waals surface area (Å²) in [6.07, 6.45) is 2.76. The van der Waals surface area contributed by atoms with Crippen molar-refractivity contribution in [2.24, 2.45) is 5.92 Å². The Hall–Kier alpha value is -1.18. The molecule has 1 saturated carbocycles. The van der Waals surface area contributed by atoms with Gasteiger partial charge >= 0.3 is 0 Å². The molecule has 1 aliphatic carbocycles. The molecule has 2 aliphatic heterocycles. The highest BCUT2D eigenvalue weighted by atomic mass is 16.5. The second-order valence-corrected chi connectivity index (χ2v) is 7.39. The van der Waals surface area contributed by atoms with E-state index < -0.39 is 6.10 Å². The van der Waals surface area contributed by atoms with Crippen molar-refractivity contribution in [1.29, 1.82) is 0 Å². The van der Waals surface area contributed by atoms with Gasteiger partial charge in [0.25, 0.3) is 0 Å². The minimum Gasteiger partial charge on any atom is -0.389 e. The van der Waals surface area contributed by atoms with E-state index in [0.29, 0.717) is 19.6 Å². The van der Waals surface area contributed by atoms with Crippen molar-refractivity contribution in [1.82, 2.24) is 9.80 Å². The van der Waals surface area contributed by atoms with Gasteiger partial charge in [-0.15, -0.1) is 0 Å². The van der Waals surface area contributed by atoms with Crippen LogP contribution in [0.1, 0.15) is 32.1 Å². The van der Waals surface area contributed by atoms with Crippen LogP contribution in [0.3, 0.4) is 0 Å². The van der Waals surface area contributed by atoms with E-state index in [1.54, 1.807) is 19.0 Å². The number of ether oxygens (including phenoxy) is 2. The van der Waals surface area contributed by atoms with Crippen molar-refractivity contribution in [2.75, 3.05) is 33.9 Å². The van der Waals surface area contributed by atoms with Crippen LogP contribution in [0.15, 0.2) is 0 Å². The number of fused-ring (bicyclic) bond motifs is 1. The molecule has 0 radical (unpaired) electrons. The first-order valence-corrected chi connectivity index (χ1v) is 8.87. The first-order valence-electron chi connectivity index (χ1n) is 8.87. The Balaban J connectivity index is 1.67. The molecule has 7 heteroatoms. The average Bonchev–Trinajstić information content (AvgIpc) is 3.35. The standard InChI is InChI=1S/C17H28N2O5/c1-18(2)16(21)7-13-5-6-14-15(24-13)10-23-9-12(20)8-19(14)17(22)11-3-4-11/h11-15,20H,3-10H2,1-2H3/t12-,13+,14-,15+/m0/s1. The molecular formula is C17H28N2O5. The predicted octanol–water partition coefficient (Wildman–Crippen LogP) is 0.0106. The summed E-state index contributed by atoms with van der Waals surface area (Å²) < 4.78 is 11.7. The lowest BCUT2D eigenvalue weighted by molar-refractivity contribution is -0.171. The molecule has 0 spiro atoms. The molecule has 136 valence electrons. The largest absolute Gasteiger partial charge is 0.389 e. The summed E-state index contributed by atoms with van der Waals surface area (Å²) in [6, 6.07) is -0.0706. The van der Waals surface area contributed by atoms with Crippen LogP contribution in [0.2, 0.25) is 0 Å². The van der Waals surface area contributed by atoms with Crippen LogP contribution in [0.25, 0.3) is 0 Å². The van der Waals surface area contributed by atoms with Gasteiger partial charge in [-0.1, -0.05) is 0 Å². The van der Waals surface area contributed by atoms with Gasteiger partial charge < -0.3 is 24.4 Å². The van der Waals surface area contributed by atoms with E-state index in [4.69, 9.17) is 9.47 Å². The smallest absolute Gasteiger partial charge is 0.226 e. The molecule has 0 aromatic heterocycles. The maximum absolute atomic E-state index is 12.6. The van der Waals surface area contributed by atoms with E-state index in [1.165, 1.54) is 0 Å². The van der Waals surface area contributed by atoms with Crippen LogP contribution in [-0.2, 0) is 19.1 Å². The molecule has 2 amide bonds. The quantitative estimate of drug-likeness (QED) is 0.783. The van der Waals surface area contributed by atoms with Gasteiger partial charge in [0.05, 0.1) is 37.9 Å². The number of β-amino-alcohol motifs (C(OH)–C–C–N with tert-alkyl or cyclic N) is 1. The maximum atomic E-state index is 12.6. The zero-order chi connectivity index (χ0) is 17.3. The average molecular weight is 340 g/mol. The molecule has 24 heavy (non-hydrogen) atoms. The van der Waals surface area contributed by atoms with Crippen molar-refractivity contribution >= 4 is 11.8 Å². The molecule has 0 aromatic carbocycles.